The lowest BCUT2D eigenvalue weighted by Crippen LogP contribution is -2.49. The molecule has 1 aliphatic heterocycles. The molecule has 1 saturated carbocycles. The van der Waals surface area contributed by atoms with Gasteiger partial charge >= 0.3 is 11.9 Å². The molecular formula is C18H25N3O6. The quantitative estimate of drug-likeness (QED) is 0.461. The zero-order valence-corrected chi connectivity index (χ0v) is 15.1. The molecule has 0 spiro atoms. The lowest BCUT2D eigenvalue weighted by molar-refractivity contribution is -0.384. The molecule has 148 valence electrons. The highest BCUT2D eigenvalue weighted by Crippen LogP contribution is 2.24. The summed E-state index contributed by atoms with van der Waals surface area (Å²) in [5, 5.41) is 25.6. The number of nitro groups is 1. The first-order chi connectivity index (χ1) is 12.9. The summed E-state index contributed by atoms with van der Waals surface area (Å²) in [4.78, 5) is 33.7. The van der Waals surface area contributed by atoms with E-state index in [0.717, 1.165) is 44.3 Å². The first-order valence-electron chi connectivity index (χ1n) is 9.02. The van der Waals surface area contributed by atoms with Gasteiger partial charge in [-0.2, -0.15) is 0 Å². The first-order valence-corrected chi connectivity index (χ1v) is 9.02. The van der Waals surface area contributed by atoms with E-state index in [1.54, 1.807) is 18.2 Å². The van der Waals surface area contributed by atoms with Crippen molar-refractivity contribution in [3.05, 3.63) is 39.9 Å². The second-order valence-corrected chi connectivity index (χ2v) is 6.79. The monoisotopic (exact) mass is 379 g/mol. The summed E-state index contributed by atoms with van der Waals surface area (Å²) in [6.07, 6.45) is 5.51. The number of hydrogen-bond acceptors (Lipinski definition) is 6. The number of nitro benzene ring substituents is 1. The Morgan fingerprint density at radius 1 is 1.07 bits per heavy atom. The number of carboxylic acid groups (broad SMARTS) is 2. The Balaban J connectivity index is 0.000000380. The lowest BCUT2D eigenvalue weighted by atomic mass is 10.1. The van der Waals surface area contributed by atoms with Gasteiger partial charge in [0.15, 0.2) is 0 Å². The minimum absolute atomic E-state index is 0.192. The molecule has 0 amide bonds. The summed E-state index contributed by atoms with van der Waals surface area (Å²) in [5.41, 5.74) is 1.23. The molecule has 1 heterocycles. The molecular weight excluding hydrogens is 354 g/mol. The zero-order valence-electron chi connectivity index (χ0n) is 15.1. The van der Waals surface area contributed by atoms with Gasteiger partial charge in [-0.25, -0.2) is 9.59 Å². The fourth-order valence-corrected chi connectivity index (χ4v) is 3.58. The minimum atomic E-state index is -1.82. The molecule has 1 aromatic rings. The Morgan fingerprint density at radius 3 is 2.19 bits per heavy atom. The number of piperazine rings is 1. The van der Waals surface area contributed by atoms with Crippen LogP contribution in [0.25, 0.3) is 0 Å². The third-order valence-corrected chi connectivity index (χ3v) is 4.96. The predicted octanol–water partition coefficient (Wildman–Crippen LogP) is 1.81. The average Bonchev–Trinajstić information content (AvgIpc) is 3.18. The van der Waals surface area contributed by atoms with E-state index in [2.05, 4.69) is 9.80 Å². The van der Waals surface area contributed by atoms with Crippen molar-refractivity contribution in [2.75, 3.05) is 26.2 Å². The van der Waals surface area contributed by atoms with Crippen LogP contribution in [-0.4, -0.2) is 69.1 Å². The van der Waals surface area contributed by atoms with Crippen molar-refractivity contribution in [2.24, 2.45) is 0 Å². The molecule has 1 aromatic carbocycles. The van der Waals surface area contributed by atoms with E-state index in [1.165, 1.54) is 25.7 Å². The van der Waals surface area contributed by atoms with E-state index in [1.807, 2.05) is 6.07 Å². The Kier molecular flexibility index (Phi) is 7.68. The van der Waals surface area contributed by atoms with Crippen LogP contribution < -0.4 is 0 Å². The van der Waals surface area contributed by atoms with Crippen molar-refractivity contribution < 1.29 is 24.7 Å². The van der Waals surface area contributed by atoms with Crippen molar-refractivity contribution in [2.45, 2.75) is 38.3 Å². The maximum absolute atomic E-state index is 10.8. The molecule has 2 N–H and O–H groups in total. The van der Waals surface area contributed by atoms with Crippen LogP contribution in [0.2, 0.25) is 0 Å². The van der Waals surface area contributed by atoms with Crippen molar-refractivity contribution in [3.8, 4) is 0 Å². The highest BCUT2D eigenvalue weighted by Gasteiger charge is 2.26. The Labute approximate surface area is 157 Å². The van der Waals surface area contributed by atoms with E-state index in [0.29, 0.717) is 0 Å². The summed E-state index contributed by atoms with van der Waals surface area (Å²) in [6, 6.07) is 7.83. The van der Waals surface area contributed by atoms with Gasteiger partial charge in [0.1, 0.15) is 0 Å². The largest absolute Gasteiger partial charge is 0.473 e. The summed E-state index contributed by atoms with van der Waals surface area (Å²) in [6.45, 7) is 5.23. The van der Waals surface area contributed by atoms with Crippen LogP contribution >= 0.6 is 0 Å². The molecule has 9 heteroatoms. The molecule has 0 bridgehead atoms. The van der Waals surface area contributed by atoms with Crippen LogP contribution in [0.5, 0.6) is 0 Å². The molecule has 2 fully saturated rings. The Bertz CT molecular complexity index is 655. The molecule has 0 atom stereocenters. The van der Waals surface area contributed by atoms with Crippen molar-refractivity contribution in [3.63, 3.8) is 0 Å². The van der Waals surface area contributed by atoms with E-state index in [-0.39, 0.29) is 10.6 Å². The fraction of sp³-hybridized carbons (Fsp3) is 0.556. The summed E-state index contributed by atoms with van der Waals surface area (Å²) >= 11 is 0. The highest BCUT2D eigenvalue weighted by molar-refractivity contribution is 6.27. The van der Waals surface area contributed by atoms with Crippen LogP contribution in [0.15, 0.2) is 24.3 Å². The van der Waals surface area contributed by atoms with E-state index in [4.69, 9.17) is 19.8 Å². The van der Waals surface area contributed by atoms with Gasteiger partial charge in [0.25, 0.3) is 5.69 Å². The van der Waals surface area contributed by atoms with E-state index < -0.39 is 11.9 Å². The van der Waals surface area contributed by atoms with Crippen molar-refractivity contribution in [1.29, 1.82) is 0 Å². The third-order valence-electron chi connectivity index (χ3n) is 4.96. The molecule has 2 aliphatic rings. The van der Waals surface area contributed by atoms with Gasteiger partial charge in [-0.05, 0) is 18.4 Å². The van der Waals surface area contributed by atoms with Gasteiger partial charge in [0.2, 0.25) is 0 Å². The van der Waals surface area contributed by atoms with Gasteiger partial charge in [-0.3, -0.25) is 19.9 Å². The molecule has 3 rings (SSSR count). The molecule has 9 nitrogen and oxygen atoms in total. The smallest absolute Gasteiger partial charge is 0.414 e. The van der Waals surface area contributed by atoms with Gasteiger partial charge in [0.05, 0.1) is 4.92 Å². The maximum atomic E-state index is 10.8. The van der Waals surface area contributed by atoms with Crippen LogP contribution in [0.4, 0.5) is 5.69 Å². The number of carbonyl (C=O) groups is 2. The normalized spacial score (nSPS) is 18.5. The topological polar surface area (TPSA) is 124 Å². The van der Waals surface area contributed by atoms with E-state index in [9.17, 15) is 10.1 Å². The van der Waals surface area contributed by atoms with Crippen LogP contribution in [-0.2, 0) is 16.1 Å². The van der Waals surface area contributed by atoms with Gasteiger partial charge < -0.3 is 10.2 Å². The predicted molar refractivity (Wildman–Crippen MR) is 97.5 cm³/mol. The molecule has 0 radical (unpaired) electrons. The first kappa shape index (κ1) is 20.8. The second-order valence-electron chi connectivity index (χ2n) is 6.79. The standard InChI is InChI=1S/C16H23N3O2.C2H2O4/c20-19(21)16-7-3-4-14(12-16)13-17-8-10-18(11-9-17)15-5-1-2-6-15;3-1(4)2(5)6/h3-4,7,12,15H,1-2,5-6,8-11,13H2;(H,3,4)(H,5,6). The number of non-ortho nitro benzene ring substituents is 1. The Morgan fingerprint density at radius 2 is 1.67 bits per heavy atom. The van der Waals surface area contributed by atoms with Gasteiger partial charge in [0, 0.05) is 50.9 Å². The lowest BCUT2D eigenvalue weighted by Gasteiger charge is -2.38. The van der Waals surface area contributed by atoms with Crippen molar-refractivity contribution >= 4 is 17.6 Å². The fourth-order valence-electron chi connectivity index (χ4n) is 3.58. The number of carboxylic acids is 2. The van der Waals surface area contributed by atoms with Crippen LogP contribution in [0.1, 0.15) is 31.2 Å². The van der Waals surface area contributed by atoms with Crippen LogP contribution in [0.3, 0.4) is 0 Å². The molecule has 0 unspecified atom stereocenters. The average molecular weight is 379 g/mol. The SMILES string of the molecule is O=C(O)C(=O)O.O=[N+]([O-])c1cccc(CN2CCN(C3CCCC3)CC2)c1. The highest BCUT2D eigenvalue weighted by atomic mass is 16.6. The van der Waals surface area contributed by atoms with Gasteiger partial charge in [-0.1, -0.05) is 25.0 Å². The molecule has 0 aromatic heterocycles. The van der Waals surface area contributed by atoms with Gasteiger partial charge in [-0.15, -0.1) is 0 Å². The number of benzene rings is 1. The zero-order chi connectivity index (χ0) is 19.8. The molecule has 1 saturated heterocycles. The summed E-state index contributed by atoms with van der Waals surface area (Å²) in [7, 11) is 0. The Hall–Kier alpha value is -2.52. The third kappa shape index (κ3) is 6.61. The minimum Gasteiger partial charge on any atom is -0.473 e. The summed E-state index contributed by atoms with van der Waals surface area (Å²) in [5.74, 6) is -3.65. The number of aliphatic carboxylic acids is 2. The van der Waals surface area contributed by atoms with Crippen LogP contribution in [0, 0.1) is 10.1 Å². The molecule has 27 heavy (non-hydrogen) atoms. The number of nitrogens with zero attached hydrogens (tertiary/aromatic N) is 3. The number of rotatable bonds is 4. The number of hydrogen-bond donors (Lipinski definition) is 2. The van der Waals surface area contributed by atoms with E-state index >= 15 is 0 Å². The second kappa shape index (κ2) is 9.98. The maximum Gasteiger partial charge on any atom is 0.414 e. The molecule has 1 aliphatic carbocycles. The summed E-state index contributed by atoms with van der Waals surface area (Å²) < 4.78 is 0. The van der Waals surface area contributed by atoms with Crippen molar-refractivity contribution in [1.82, 2.24) is 9.80 Å².